The molecule has 10 nitrogen and oxygen atoms in total. The average molecular weight is 1520 g/mol. The quantitative estimate of drug-likeness (QED) is 0.0300. The highest BCUT2D eigenvalue weighted by Gasteiger charge is 2.49. The van der Waals surface area contributed by atoms with Gasteiger partial charge in [0.25, 0.3) is 25.0 Å². The van der Waals surface area contributed by atoms with Crippen molar-refractivity contribution in [3.05, 3.63) is 259 Å². The Balaban J connectivity index is 0.000000186. The summed E-state index contributed by atoms with van der Waals surface area (Å²) < 4.78 is 20.3. The molecule has 0 radical (unpaired) electrons. The van der Waals surface area contributed by atoms with Crippen LogP contribution in [-0.4, -0.2) is 63.1 Å². The Labute approximate surface area is 653 Å². The van der Waals surface area contributed by atoms with Gasteiger partial charge in [-0.1, -0.05) is 289 Å². The van der Waals surface area contributed by atoms with E-state index in [4.69, 9.17) is 19.0 Å². The molecule has 0 aliphatic rings. The van der Waals surface area contributed by atoms with E-state index in [1.165, 1.54) is 43.6 Å². The normalized spacial score (nSPS) is 11.7. The monoisotopic (exact) mass is 1520 g/mol. The zero-order chi connectivity index (χ0) is 80.2. The number of aliphatic carboxylic acids is 1. The third-order valence-corrected chi connectivity index (χ3v) is 39.8. The number of aromatic hydroxyl groups is 3. The first-order chi connectivity index (χ1) is 51.7. The van der Waals surface area contributed by atoms with Crippen molar-refractivity contribution >= 4 is 113 Å². The minimum Gasteiger partial charge on any atom is -0.543 e. The van der Waals surface area contributed by atoms with Gasteiger partial charge in [-0.05, 0) is 229 Å². The number of nitrogen functional groups attached to an aromatic ring is 1. The van der Waals surface area contributed by atoms with E-state index in [1.54, 1.807) is 42.5 Å². The van der Waals surface area contributed by atoms with Crippen molar-refractivity contribution in [1.82, 2.24) is 0 Å². The van der Waals surface area contributed by atoms with Gasteiger partial charge in [0.2, 0.25) is 0 Å². The number of benzene rings is 12. The SMILES string of the molecule is C=Cc1cccc2ccc(O)cc12.C=Cc1cccc2ccc(O[Si](C(C)C)(C(C)C)C(C)C)cc12.CC(C)[Si](Oc1ccc2cccc(CC(=O)O)c2c1)(C(C)C)C(C)C.CC(C)[Si](Oc1ccc2cccc(CCO)c2c1)(C(C)C)C(C)C.Cc1cccc2ccc(O)cc12.Nc1cccc2ccc(O)cc12. The van der Waals surface area contributed by atoms with E-state index in [-0.39, 0.29) is 18.8 Å². The summed E-state index contributed by atoms with van der Waals surface area (Å²) in [5.41, 5.74) is 16.7. The number of aryl methyl sites for hydroxylation is 1. The molecule has 0 aromatic heterocycles. The second-order valence-electron chi connectivity index (χ2n) is 31.5. The predicted octanol–water partition coefficient (Wildman–Crippen LogP) is 27.2. The Kier molecular flexibility index (Phi) is 31.1. The number of fused-ring (bicyclic) bond motifs is 6. The molecule has 576 valence electrons. The number of carbonyl (C=O) groups is 1. The molecule has 0 amide bonds. The molecule has 12 rings (SSSR count). The van der Waals surface area contributed by atoms with Gasteiger partial charge in [0, 0.05) is 17.7 Å². The summed E-state index contributed by atoms with van der Waals surface area (Å²) in [7, 11) is -5.87. The number of aliphatic hydroxyl groups excluding tert-OH is 1. The van der Waals surface area contributed by atoms with Crippen LogP contribution >= 0.6 is 0 Å². The second kappa shape index (κ2) is 39.1. The summed E-state index contributed by atoms with van der Waals surface area (Å²) in [6.07, 6.45) is 4.43. The van der Waals surface area contributed by atoms with Crippen molar-refractivity contribution in [2.45, 2.75) is 194 Å². The third kappa shape index (κ3) is 21.0. The molecule has 0 aliphatic heterocycles. The van der Waals surface area contributed by atoms with Crippen LogP contribution in [0.5, 0.6) is 34.5 Å². The number of carboxylic acid groups (broad SMARTS) is 1. The number of aliphatic hydroxyl groups is 1. The Bertz CT molecular complexity index is 4870. The lowest BCUT2D eigenvalue weighted by molar-refractivity contribution is -0.136. The maximum Gasteiger partial charge on any atom is 0.307 e. The first-order valence-electron chi connectivity index (χ1n) is 38.8. The summed E-state index contributed by atoms with van der Waals surface area (Å²) >= 11 is 0. The third-order valence-electron chi connectivity index (χ3n) is 21.8. The topological polar surface area (TPSA) is 172 Å². The van der Waals surface area contributed by atoms with Gasteiger partial charge in [0.05, 0.1) is 6.42 Å². The van der Waals surface area contributed by atoms with Gasteiger partial charge in [-0.15, -0.1) is 0 Å². The van der Waals surface area contributed by atoms with E-state index in [9.17, 15) is 30.3 Å². The van der Waals surface area contributed by atoms with E-state index in [0.29, 0.717) is 73.5 Å². The van der Waals surface area contributed by atoms with Crippen molar-refractivity contribution in [2.75, 3.05) is 12.3 Å². The van der Waals surface area contributed by atoms with Crippen molar-refractivity contribution in [3.63, 3.8) is 0 Å². The lowest BCUT2D eigenvalue weighted by atomic mass is 10.0. The molecule has 0 saturated carbocycles. The lowest BCUT2D eigenvalue weighted by Crippen LogP contribution is -2.50. The van der Waals surface area contributed by atoms with Gasteiger partial charge in [-0.3, -0.25) is 4.79 Å². The molecule has 0 spiro atoms. The number of nitrogens with two attached hydrogens (primary N) is 1. The molecule has 13 heteroatoms. The summed E-state index contributed by atoms with van der Waals surface area (Å²) in [4.78, 5) is 11.2. The van der Waals surface area contributed by atoms with Crippen LogP contribution in [0.25, 0.3) is 76.8 Å². The van der Waals surface area contributed by atoms with Crippen molar-refractivity contribution in [2.24, 2.45) is 0 Å². The summed E-state index contributed by atoms with van der Waals surface area (Å²) in [5, 5.41) is 59.6. The molecule has 109 heavy (non-hydrogen) atoms. The van der Waals surface area contributed by atoms with Crippen LogP contribution in [0.1, 0.15) is 152 Å². The van der Waals surface area contributed by atoms with Crippen LogP contribution in [0.3, 0.4) is 0 Å². The number of hydrogen-bond donors (Lipinski definition) is 6. The molecule has 0 aliphatic carbocycles. The van der Waals surface area contributed by atoms with E-state index in [1.807, 2.05) is 122 Å². The highest BCUT2D eigenvalue weighted by molar-refractivity contribution is 6.79. The minimum atomic E-state index is -2.02. The predicted molar refractivity (Wildman–Crippen MR) is 475 cm³/mol. The number of phenols is 3. The molecule has 0 atom stereocenters. The molecule has 0 unspecified atom stereocenters. The standard InChI is InChI=1S/C21H30O3Si.C21H32O2Si.C21H30OSi.C12H10O.C11H10O.C10H9NO/c1-14(2)25(15(3)4,16(5)6)24-19-11-10-17-8-7-9-18(12-21(22)23)20(17)13-19;1-15(2)24(16(3)4,17(5)6)23-20-11-10-18-8-7-9-19(12-13-22)21(18)14-20;1-8-18-10-9-11-19-12-13-20(14-21(18)19)22-23(15(2)3,16(4)5)17(6)7;1-2-9-4-3-5-10-6-7-11(13)8-12(9)10;1-8-3-2-4-9-5-6-10(12)7-11(8)9;11-10-3-1-2-7-4-5-8(12)6-9(7)10/h7-11,13-16H,12H2,1-6H3,(H,22,23);7-11,14-17,22H,12-13H2,1-6H3;8-17H,1H2,2-7H3;2-8,13H,1H2;2-7,12H,1H3;1-6,12H,11H2. The van der Waals surface area contributed by atoms with Crippen LogP contribution in [0.15, 0.2) is 232 Å². The first kappa shape index (κ1) is 86.6. The van der Waals surface area contributed by atoms with Gasteiger partial charge in [0.1, 0.15) is 34.5 Å². The molecule has 0 heterocycles. The Morgan fingerprint density at radius 1 is 0.367 bits per heavy atom. The van der Waals surface area contributed by atoms with Crippen LogP contribution in [0.2, 0.25) is 49.9 Å². The molecular formula is C96H121NO9Si3. The zero-order valence-electron chi connectivity index (χ0n) is 68.1. The van der Waals surface area contributed by atoms with Gasteiger partial charge in [-0.25, -0.2) is 0 Å². The number of carboxylic acids is 1. The molecular weight excluding hydrogens is 1400 g/mol. The summed E-state index contributed by atoms with van der Waals surface area (Å²) in [6.45, 7) is 51.3. The van der Waals surface area contributed by atoms with Crippen LogP contribution < -0.4 is 19.0 Å². The van der Waals surface area contributed by atoms with Gasteiger partial charge < -0.3 is 44.5 Å². The highest BCUT2D eigenvalue weighted by atomic mass is 28.4. The van der Waals surface area contributed by atoms with Gasteiger partial charge in [0.15, 0.2) is 0 Å². The smallest absolute Gasteiger partial charge is 0.307 e. The Morgan fingerprint density at radius 2 is 0.651 bits per heavy atom. The minimum absolute atomic E-state index is 0.0297. The number of phenolic OH excluding ortho intramolecular Hbond substituents is 3. The second-order valence-corrected chi connectivity index (χ2v) is 47.7. The highest BCUT2D eigenvalue weighted by Crippen LogP contribution is 2.47. The van der Waals surface area contributed by atoms with Crippen LogP contribution in [-0.2, 0) is 17.6 Å². The fraction of sp³-hybridized carbons (Fsp3) is 0.323. The maximum absolute atomic E-state index is 11.2. The van der Waals surface area contributed by atoms with Gasteiger partial charge in [-0.2, -0.15) is 0 Å². The van der Waals surface area contributed by atoms with Crippen molar-refractivity contribution in [3.8, 4) is 34.5 Å². The number of hydrogen-bond acceptors (Lipinski definition) is 9. The molecule has 12 aromatic carbocycles. The molecule has 12 aromatic rings. The fourth-order valence-electron chi connectivity index (χ4n) is 16.8. The summed E-state index contributed by atoms with van der Waals surface area (Å²) in [6, 6.07) is 71.2. The van der Waals surface area contributed by atoms with Crippen molar-refractivity contribution in [1.29, 1.82) is 0 Å². The Hall–Kier alpha value is -9.64. The van der Waals surface area contributed by atoms with E-state index < -0.39 is 30.9 Å². The largest absolute Gasteiger partial charge is 0.543 e. The molecule has 7 N–H and O–H groups in total. The molecule has 0 bridgehead atoms. The fourth-order valence-corrected chi connectivity index (χ4v) is 32.5. The van der Waals surface area contributed by atoms with Crippen LogP contribution in [0, 0.1) is 6.92 Å². The molecule has 0 fully saturated rings. The van der Waals surface area contributed by atoms with Gasteiger partial charge >= 0.3 is 5.97 Å². The average Bonchev–Trinajstić information content (AvgIpc) is 0.786. The number of anilines is 1. The Morgan fingerprint density at radius 3 is 1.02 bits per heavy atom. The zero-order valence-corrected chi connectivity index (χ0v) is 71.1. The van der Waals surface area contributed by atoms with Crippen molar-refractivity contribution < 1.29 is 43.6 Å². The first-order valence-corrected chi connectivity index (χ1v) is 45.2. The molecule has 0 saturated heterocycles. The maximum atomic E-state index is 11.2. The van der Waals surface area contributed by atoms with E-state index in [2.05, 4.69) is 211 Å². The van der Waals surface area contributed by atoms with Crippen LogP contribution in [0.4, 0.5) is 5.69 Å². The summed E-state index contributed by atoms with van der Waals surface area (Å²) in [5.74, 6) is 2.92. The van der Waals surface area contributed by atoms with E-state index >= 15 is 0 Å². The van der Waals surface area contributed by atoms with E-state index in [0.717, 1.165) is 66.1 Å². The lowest BCUT2D eigenvalue weighted by Gasteiger charge is -2.42. The number of rotatable bonds is 21.